The third-order valence-electron chi connectivity index (χ3n) is 3.77. The lowest BCUT2D eigenvalue weighted by atomic mass is 10.0. The normalized spacial score (nSPS) is 11.4. The van der Waals surface area contributed by atoms with Gasteiger partial charge in [-0.2, -0.15) is 0 Å². The van der Waals surface area contributed by atoms with Crippen molar-refractivity contribution in [2.45, 2.75) is 0 Å². The van der Waals surface area contributed by atoms with Crippen LogP contribution in [0.1, 0.15) is 0 Å². The molecule has 0 aliphatic rings. The Bertz CT molecular complexity index is 1030. The Labute approximate surface area is 114 Å². The van der Waals surface area contributed by atoms with Crippen molar-refractivity contribution >= 4 is 38.3 Å². The number of hydrogen-bond acceptors (Lipinski definition) is 2. The van der Waals surface area contributed by atoms with Crippen molar-refractivity contribution in [3.05, 3.63) is 64.8 Å². The highest BCUT2D eigenvalue weighted by molar-refractivity contribution is 6.11. The number of aromatic amines is 1. The van der Waals surface area contributed by atoms with Crippen molar-refractivity contribution in [3.63, 3.8) is 0 Å². The van der Waals surface area contributed by atoms with Gasteiger partial charge in [0.1, 0.15) is 0 Å². The first-order valence-corrected chi connectivity index (χ1v) is 6.47. The van der Waals surface area contributed by atoms with Crippen LogP contribution >= 0.6 is 0 Å². The van der Waals surface area contributed by atoms with E-state index in [1.165, 1.54) is 0 Å². The SMILES string of the molecule is Nc1cccc2c1ccc1c(=O)c3ccccc3[nH]c12. The molecule has 0 atom stereocenters. The molecule has 0 saturated heterocycles. The highest BCUT2D eigenvalue weighted by atomic mass is 16.1. The number of fused-ring (bicyclic) bond motifs is 4. The molecule has 4 aromatic rings. The Morgan fingerprint density at radius 3 is 2.40 bits per heavy atom. The molecule has 20 heavy (non-hydrogen) atoms. The van der Waals surface area contributed by atoms with Crippen LogP contribution in [0.25, 0.3) is 32.6 Å². The van der Waals surface area contributed by atoms with Crippen LogP contribution < -0.4 is 11.2 Å². The van der Waals surface area contributed by atoms with Crippen LogP contribution in [-0.4, -0.2) is 4.98 Å². The number of H-pyrrole nitrogens is 1. The van der Waals surface area contributed by atoms with Crippen molar-refractivity contribution in [1.82, 2.24) is 4.98 Å². The Balaban J connectivity index is 2.34. The van der Waals surface area contributed by atoms with Crippen LogP contribution in [0, 0.1) is 0 Å². The molecule has 3 N–H and O–H groups in total. The van der Waals surface area contributed by atoms with Gasteiger partial charge >= 0.3 is 0 Å². The van der Waals surface area contributed by atoms with Gasteiger partial charge in [-0.05, 0) is 24.3 Å². The largest absolute Gasteiger partial charge is 0.398 e. The summed E-state index contributed by atoms with van der Waals surface area (Å²) in [5.74, 6) is 0. The second-order valence-corrected chi connectivity index (χ2v) is 4.93. The van der Waals surface area contributed by atoms with E-state index in [1.54, 1.807) is 0 Å². The van der Waals surface area contributed by atoms with Gasteiger partial charge in [0, 0.05) is 32.7 Å². The van der Waals surface area contributed by atoms with Crippen molar-refractivity contribution in [2.75, 3.05) is 5.73 Å². The van der Waals surface area contributed by atoms with Gasteiger partial charge < -0.3 is 10.7 Å². The van der Waals surface area contributed by atoms with E-state index in [4.69, 9.17) is 5.73 Å². The minimum absolute atomic E-state index is 0.0543. The molecule has 0 aliphatic heterocycles. The zero-order valence-corrected chi connectivity index (χ0v) is 10.7. The summed E-state index contributed by atoms with van der Waals surface area (Å²) < 4.78 is 0. The molecule has 1 aromatic heterocycles. The predicted molar refractivity (Wildman–Crippen MR) is 84.0 cm³/mol. The molecule has 1 heterocycles. The first kappa shape index (κ1) is 11.1. The van der Waals surface area contributed by atoms with Crippen molar-refractivity contribution < 1.29 is 0 Å². The van der Waals surface area contributed by atoms with Crippen LogP contribution in [0.5, 0.6) is 0 Å². The Kier molecular flexibility index (Phi) is 2.12. The summed E-state index contributed by atoms with van der Waals surface area (Å²) in [4.78, 5) is 15.9. The fraction of sp³-hybridized carbons (Fsp3) is 0. The Hall–Kier alpha value is -2.81. The first-order valence-electron chi connectivity index (χ1n) is 6.47. The summed E-state index contributed by atoms with van der Waals surface area (Å²) in [6.07, 6.45) is 0. The van der Waals surface area contributed by atoms with Crippen LogP contribution in [0.4, 0.5) is 5.69 Å². The first-order chi connectivity index (χ1) is 9.75. The lowest BCUT2D eigenvalue weighted by molar-refractivity contribution is 1.50. The number of hydrogen-bond donors (Lipinski definition) is 2. The lowest BCUT2D eigenvalue weighted by Gasteiger charge is -2.07. The number of anilines is 1. The van der Waals surface area contributed by atoms with Gasteiger partial charge in [0.15, 0.2) is 5.43 Å². The van der Waals surface area contributed by atoms with Gasteiger partial charge in [-0.15, -0.1) is 0 Å². The van der Waals surface area contributed by atoms with Crippen LogP contribution in [0.2, 0.25) is 0 Å². The quantitative estimate of drug-likeness (QED) is 0.289. The van der Waals surface area contributed by atoms with E-state index in [9.17, 15) is 4.79 Å². The van der Waals surface area contributed by atoms with E-state index in [0.717, 1.165) is 27.5 Å². The van der Waals surface area contributed by atoms with E-state index in [0.29, 0.717) is 10.8 Å². The minimum Gasteiger partial charge on any atom is -0.398 e. The summed E-state index contributed by atoms with van der Waals surface area (Å²) in [6, 6.07) is 17.1. The average molecular weight is 260 g/mol. The van der Waals surface area contributed by atoms with E-state index < -0.39 is 0 Å². The molecule has 0 saturated carbocycles. The van der Waals surface area contributed by atoms with E-state index in [2.05, 4.69) is 4.98 Å². The summed E-state index contributed by atoms with van der Waals surface area (Å²) in [5, 5.41) is 3.35. The Morgan fingerprint density at radius 2 is 1.50 bits per heavy atom. The second-order valence-electron chi connectivity index (χ2n) is 4.93. The molecule has 0 bridgehead atoms. The summed E-state index contributed by atoms with van der Waals surface area (Å²) in [6.45, 7) is 0. The monoisotopic (exact) mass is 260 g/mol. The maximum absolute atomic E-state index is 12.6. The van der Waals surface area contributed by atoms with Crippen LogP contribution in [-0.2, 0) is 0 Å². The number of nitrogens with two attached hydrogens (primary N) is 1. The van der Waals surface area contributed by atoms with Crippen molar-refractivity contribution in [1.29, 1.82) is 0 Å². The molecule has 3 nitrogen and oxygen atoms in total. The van der Waals surface area contributed by atoms with Gasteiger partial charge in [0.05, 0.1) is 5.52 Å². The van der Waals surface area contributed by atoms with E-state index in [1.807, 2.05) is 54.6 Å². The zero-order chi connectivity index (χ0) is 13.7. The van der Waals surface area contributed by atoms with Crippen LogP contribution in [0.3, 0.4) is 0 Å². The molecular formula is C17H12N2O. The van der Waals surface area contributed by atoms with Crippen molar-refractivity contribution in [2.24, 2.45) is 0 Å². The zero-order valence-electron chi connectivity index (χ0n) is 10.7. The number of aromatic nitrogens is 1. The molecule has 4 rings (SSSR count). The topological polar surface area (TPSA) is 58.9 Å². The van der Waals surface area contributed by atoms with Gasteiger partial charge in [0.2, 0.25) is 0 Å². The van der Waals surface area contributed by atoms with Gasteiger partial charge in [-0.1, -0.05) is 30.3 Å². The number of nitrogen functional groups attached to an aromatic ring is 1. The summed E-state index contributed by atoms with van der Waals surface area (Å²) in [7, 11) is 0. The maximum atomic E-state index is 12.6. The second kappa shape index (κ2) is 3.84. The molecule has 3 heteroatoms. The fourth-order valence-corrected chi connectivity index (χ4v) is 2.78. The molecule has 96 valence electrons. The van der Waals surface area contributed by atoms with Crippen LogP contribution in [0.15, 0.2) is 59.4 Å². The molecule has 0 aliphatic carbocycles. The third-order valence-corrected chi connectivity index (χ3v) is 3.77. The molecule has 0 spiro atoms. The smallest absolute Gasteiger partial charge is 0.197 e. The summed E-state index contributed by atoms with van der Waals surface area (Å²) >= 11 is 0. The molecule has 0 fully saturated rings. The number of para-hydroxylation sites is 1. The standard InChI is InChI=1S/C17H12N2O/c18-14-6-3-5-11-10(14)8-9-13-16(11)19-15-7-2-1-4-12(15)17(13)20/h1-9H,18H2,(H,19,20). The highest BCUT2D eigenvalue weighted by Gasteiger charge is 2.08. The fourth-order valence-electron chi connectivity index (χ4n) is 2.78. The predicted octanol–water partition coefficient (Wildman–Crippen LogP) is 3.42. The number of nitrogens with one attached hydrogen (secondary N) is 1. The molecular weight excluding hydrogens is 248 g/mol. The molecule has 0 unspecified atom stereocenters. The molecule has 0 amide bonds. The van der Waals surface area contributed by atoms with Gasteiger partial charge in [0.25, 0.3) is 0 Å². The maximum Gasteiger partial charge on any atom is 0.197 e. The average Bonchev–Trinajstić information content (AvgIpc) is 2.48. The number of rotatable bonds is 0. The minimum atomic E-state index is 0.0543. The third kappa shape index (κ3) is 1.37. The summed E-state index contributed by atoms with van der Waals surface area (Å²) in [5.41, 5.74) is 8.47. The molecule has 0 radical (unpaired) electrons. The van der Waals surface area contributed by atoms with Gasteiger partial charge in [-0.25, -0.2) is 0 Å². The van der Waals surface area contributed by atoms with E-state index in [-0.39, 0.29) is 5.43 Å². The highest BCUT2D eigenvalue weighted by Crippen LogP contribution is 2.27. The number of benzene rings is 3. The van der Waals surface area contributed by atoms with E-state index >= 15 is 0 Å². The van der Waals surface area contributed by atoms with Gasteiger partial charge in [-0.3, -0.25) is 4.79 Å². The lowest BCUT2D eigenvalue weighted by Crippen LogP contribution is -2.04. The molecule has 3 aromatic carbocycles. The number of pyridine rings is 1. The Morgan fingerprint density at radius 1 is 0.750 bits per heavy atom. The van der Waals surface area contributed by atoms with Crippen molar-refractivity contribution in [3.8, 4) is 0 Å².